The van der Waals surface area contributed by atoms with Crippen LogP contribution in [0, 0.1) is 5.82 Å². The van der Waals surface area contributed by atoms with Gasteiger partial charge < -0.3 is 14.8 Å². The number of nitrogens with zero attached hydrogens (tertiary/aromatic N) is 7. The number of rotatable bonds is 6. The smallest absolute Gasteiger partial charge is 0.257 e. The number of imidazole rings is 1. The molecule has 1 amide bonds. The molecular weight excluding hydrogens is 517 g/mol. The highest BCUT2D eigenvalue weighted by Crippen LogP contribution is 2.32. The number of hydrogen-bond acceptors (Lipinski definition) is 8. The van der Waals surface area contributed by atoms with Gasteiger partial charge in [-0.2, -0.15) is 5.10 Å². The van der Waals surface area contributed by atoms with Crippen LogP contribution in [-0.4, -0.2) is 61.4 Å². The SMILES string of the molecule is O=C(Nc1nccs1)[C@@H](c1ncn2c1CCC2)n1cc2ccc(-c3ccc(N4CCNCC4)nc3)c(F)c2n1. The highest BCUT2D eigenvalue weighted by atomic mass is 32.1. The molecule has 39 heavy (non-hydrogen) atoms. The van der Waals surface area contributed by atoms with Crippen molar-refractivity contribution in [2.75, 3.05) is 36.4 Å². The summed E-state index contributed by atoms with van der Waals surface area (Å²) in [6.45, 7) is 4.48. The number of fused-ring (bicyclic) bond motifs is 2. The molecule has 0 unspecified atom stereocenters. The van der Waals surface area contributed by atoms with Crippen molar-refractivity contribution in [2.45, 2.75) is 25.4 Å². The second-order valence-corrected chi connectivity index (χ2v) is 10.6. The van der Waals surface area contributed by atoms with E-state index in [0.717, 1.165) is 57.1 Å². The summed E-state index contributed by atoms with van der Waals surface area (Å²) in [5, 5.41) is 13.7. The van der Waals surface area contributed by atoms with Crippen molar-refractivity contribution in [3.63, 3.8) is 0 Å². The molecule has 1 aromatic carbocycles. The van der Waals surface area contributed by atoms with Crippen LogP contribution in [0.1, 0.15) is 23.9 Å². The molecule has 5 aromatic rings. The molecule has 1 atom stereocenters. The molecule has 0 radical (unpaired) electrons. The molecule has 1 fully saturated rings. The van der Waals surface area contributed by atoms with Crippen LogP contribution in [0.3, 0.4) is 0 Å². The number of aromatic nitrogens is 6. The maximum Gasteiger partial charge on any atom is 0.257 e. The zero-order valence-corrected chi connectivity index (χ0v) is 21.9. The third-order valence-corrected chi connectivity index (χ3v) is 8.05. The molecule has 198 valence electrons. The standard InChI is InChI=1S/C27H26FN9OS/c28-22-19(17-4-6-21(31-14-17)35-11-7-29-8-12-35)5-3-18-15-37(34-23(18)22)25(26(38)33-27-30-9-13-39-27)24-20-2-1-10-36(20)16-32-24/h3-6,9,13-16,25,29H,1-2,7-8,10-12H2,(H,30,33,38)/t25-/m1/s1. The minimum absolute atomic E-state index is 0.196. The zero-order valence-electron chi connectivity index (χ0n) is 21.0. The number of hydrogen-bond donors (Lipinski definition) is 2. The minimum atomic E-state index is -0.863. The van der Waals surface area contributed by atoms with Gasteiger partial charge in [0.2, 0.25) is 0 Å². The van der Waals surface area contributed by atoms with E-state index in [1.807, 2.05) is 18.2 Å². The number of carbonyl (C=O) groups is 1. The molecule has 1 saturated heterocycles. The van der Waals surface area contributed by atoms with Gasteiger partial charge in [-0.1, -0.05) is 12.1 Å². The van der Waals surface area contributed by atoms with Crippen molar-refractivity contribution < 1.29 is 9.18 Å². The molecule has 2 N–H and O–H groups in total. The van der Waals surface area contributed by atoms with E-state index in [1.165, 1.54) is 16.0 Å². The molecule has 2 aliphatic rings. The van der Waals surface area contributed by atoms with Gasteiger partial charge in [-0.25, -0.2) is 19.3 Å². The second-order valence-electron chi connectivity index (χ2n) is 9.72. The predicted octanol–water partition coefficient (Wildman–Crippen LogP) is 3.47. The number of anilines is 2. The Kier molecular flexibility index (Phi) is 6.05. The molecular formula is C27H26FN9OS. The van der Waals surface area contributed by atoms with E-state index >= 15 is 4.39 Å². The topological polar surface area (TPSA) is 106 Å². The van der Waals surface area contributed by atoms with Crippen molar-refractivity contribution in [1.82, 2.24) is 34.6 Å². The summed E-state index contributed by atoms with van der Waals surface area (Å²) in [7, 11) is 0. The lowest BCUT2D eigenvalue weighted by Crippen LogP contribution is -2.43. The second kappa shape index (κ2) is 9.86. The quantitative estimate of drug-likeness (QED) is 0.338. The van der Waals surface area contributed by atoms with Gasteiger partial charge in [0.15, 0.2) is 17.0 Å². The Morgan fingerprint density at radius 1 is 1.10 bits per heavy atom. The Bertz CT molecular complexity index is 1640. The number of nitrogens with one attached hydrogen (secondary N) is 2. The van der Waals surface area contributed by atoms with Crippen LogP contribution in [0.25, 0.3) is 22.0 Å². The number of carbonyl (C=O) groups excluding carboxylic acids is 1. The highest BCUT2D eigenvalue weighted by molar-refractivity contribution is 7.13. The number of pyridine rings is 1. The van der Waals surface area contributed by atoms with Crippen molar-refractivity contribution in [1.29, 1.82) is 0 Å². The molecule has 10 nitrogen and oxygen atoms in total. The van der Waals surface area contributed by atoms with Gasteiger partial charge in [-0.15, -0.1) is 11.3 Å². The van der Waals surface area contributed by atoms with E-state index in [2.05, 4.69) is 40.2 Å². The molecule has 0 saturated carbocycles. The van der Waals surface area contributed by atoms with Crippen molar-refractivity contribution in [2.24, 2.45) is 0 Å². The van der Waals surface area contributed by atoms with Crippen molar-refractivity contribution in [3.05, 3.63) is 71.8 Å². The maximum atomic E-state index is 15.9. The van der Waals surface area contributed by atoms with Crippen molar-refractivity contribution in [3.8, 4) is 11.1 Å². The minimum Gasteiger partial charge on any atom is -0.354 e. The third-order valence-electron chi connectivity index (χ3n) is 7.36. The number of piperazine rings is 1. The van der Waals surface area contributed by atoms with Crippen LogP contribution >= 0.6 is 11.3 Å². The fourth-order valence-corrected chi connectivity index (χ4v) is 5.95. The first kappa shape index (κ1) is 23.9. The number of amides is 1. The molecule has 0 bridgehead atoms. The average molecular weight is 544 g/mol. The summed E-state index contributed by atoms with van der Waals surface area (Å²) in [6, 6.07) is 6.53. The van der Waals surface area contributed by atoms with E-state index < -0.39 is 11.9 Å². The summed E-state index contributed by atoms with van der Waals surface area (Å²) in [5.41, 5.74) is 2.92. The number of aryl methyl sites for hydroxylation is 1. The fraction of sp³-hybridized carbons (Fsp3) is 0.296. The van der Waals surface area contributed by atoms with Gasteiger partial charge in [0.1, 0.15) is 11.3 Å². The first-order valence-corrected chi connectivity index (χ1v) is 13.9. The predicted molar refractivity (Wildman–Crippen MR) is 147 cm³/mol. The number of halogens is 1. The summed E-state index contributed by atoms with van der Waals surface area (Å²) >= 11 is 1.33. The van der Waals surface area contributed by atoms with E-state index in [1.54, 1.807) is 36.4 Å². The zero-order chi connectivity index (χ0) is 26.3. The van der Waals surface area contributed by atoms with Gasteiger partial charge in [0.25, 0.3) is 5.91 Å². The van der Waals surface area contributed by atoms with Crippen LogP contribution in [-0.2, 0) is 17.8 Å². The number of thiazole rings is 1. The molecule has 0 aliphatic carbocycles. The molecule has 7 rings (SSSR count). The monoisotopic (exact) mass is 543 g/mol. The fourth-order valence-electron chi connectivity index (χ4n) is 5.42. The average Bonchev–Trinajstić information content (AvgIpc) is 3.77. The highest BCUT2D eigenvalue weighted by Gasteiger charge is 2.32. The van der Waals surface area contributed by atoms with E-state index in [9.17, 15) is 4.79 Å². The first-order valence-electron chi connectivity index (χ1n) is 13.0. The van der Waals surface area contributed by atoms with Crippen LogP contribution in [0.15, 0.2) is 54.6 Å². The number of benzene rings is 1. The Balaban J connectivity index is 1.25. The lowest BCUT2D eigenvalue weighted by Gasteiger charge is -2.28. The lowest BCUT2D eigenvalue weighted by molar-refractivity contribution is -0.118. The molecule has 6 heterocycles. The third kappa shape index (κ3) is 4.35. The largest absolute Gasteiger partial charge is 0.354 e. The van der Waals surface area contributed by atoms with Gasteiger partial charge in [-0.3, -0.25) is 14.8 Å². The van der Waals surface area contributed by atoms with Crippen LogP contribution in [0.4, 0.5) is 15.3 Å². The molecule has 4 aromatic heterocycles. The lowest BCUT2D eigenvalue weighted by atomic mass is 10.1. The van der Waals surface area contributed by atoms with E-state index in [0.29, 0.717) is 27.3 Å². The maximum absolute atomic E-state index is 15.9. The summed E-state index contributed by atoms with van der Waals surface area (Å²) in [5.74, 6) is 0.115. The van der Waals surface area contributed by atoms with E-state index in [4.69, 9.17) is 0 Å². The van der Waals surface area contributed by atoms with Crippen LogP contribution in [0.2, 0.25) is 0 Å². The molecule has 2 aliphatic heterocycles. The summed E-state index contributed by atoms with van der Waals surface area (Å²) < 4.78 is 19.5. The Labute approximate surface area is 227 Å². The van der Waals surface area contributed by atoms with Crippen LogP contribution in [0.5, 0.6) is 0 Å². The van der Waals surface area contributed by atoms with Gasteiger partial charge >= 0.3 is 0 Å². The first-order chi connectivity index (χ1) is 19.2. The van der Waals surface area contributed by atoms with E-state index in [-0.39, 0.29) is 11.4 Å². The normalized spacial score (nSPS) is 16.0. The summed E-state index contributed by atoms with van der Waals surface area (Å²) in [4.78, 5) is 29.1. The van der Waals surface area contributed by atoms with Crippen molar-refractivity contribution >= 4 is 39.1 Å². The molecule has 0 spiro atoms. The Morgan fingerprint density at radius 3 is 2.79 bits per heavy atom. The Morgan fingerprint density at radius 2 is 2.00 bits per heavy atom. The Hall–Kier alpha value is -4.16. The van der Waals surface area contributed by atoms with Gasteiger partial charge in [0.05, 0.1) is 12.0 Å². The molecule has 12 heteroatoms. The van der Waals surface area contributed by atoms with Gasteiger partial charge in [-0.05, 0) is 25.0 Å². The van der Waals surface area contributed by atoms with Gasteiger partial charge in [0, 0.05) is 78.9 Å². The van der Waals surface area contributed by atoms with Crippen LogP contribution < -0.4 is 15.5 Å². The summed E-state index contributed by atoms with van der Waals surface area (Å²) in [6.07, 6.45) is 8.63.